The summed E-state index contributed by atoms with van der Waals surface area (Å²) in [5.41, 5.74) is 4.63. The molecular formula is C19H21NS. The van der Waals surface area contributed by atoms with Crippen LogP contribution < -0.4 is 0 Å². The van der Waals surface area contributed by atoms with Gasteiger partial charge in [0.25, 0.3) is 0 Å². The summed E-state index contributed by atoms with van der Waals surface area (Å²) in [6, 6.07) is 12.6. The van der Waals surface area contributed by atoms with Crippen molar-refractivity contribution in [3.8, 4) is 0 Å². The second-order valence-electron chi connectivity index (χ2n) is 4.71. The minimum atomic E-state index is 0.909. The first-order chi connectivity index (χ1) is 10.3. The Kier molecular flexibility index (Phi) is 5.70. The highest BCUT2D eigenvalue weighted by molar-refractivity contribution is 7.10. The molecule has 0 radical (unpaired) electrons. The average Bonchev–Trinajstić information content (AvgIpc) is 3.04. The predicted octanol–water partition coefficient (Wildman–Crippen LogP) is 5.74. The molecule has 0 N–H and O–H groups in total. The molecule has 108 valence electrons. The summed E-state index contributed by atoms with van der Waals surface area (Å²) >= 11 is 1.71. The van der Waals surface area contributed by atoms with E-state index in [0.29, 0.717) is 0 Å². The van der Waals surface area contributed by atoms with Crippen molar-refractivity contribution in [2.45, 2.75) is 26.7 Å². The lowest BCUT2D eigenvalue weighted by Crippen LogP contribution is -2.03. The van der Waals surface area contributed by atoms with Crippen LogP contribution in [-0.4, -0.2) is 5.71 Å². The highest BCUT2D eigenvalue weighted by Crippen LogP contribution is 2.18. The molecule has 0 saturated carbocycles. The summed E-state index contributed by atoms with van der Waals surface area (Å²) < 4.78 is 0. The van der Waals surface area contributed by atoms with Gasteiger partial charge in [-0.05, 0) is 47.6 Å². The van der Waals surface area contributed by atoms with Crippen molar-refractivity contribution >= 4 is 23.1 Å². The highest BCUT2D eigenvalue weighted by Gasteiger charge is 2.06. The zero-order chi connectivity index (χ0) is 15.1. The first-order valence-corrected chi connectivity index (χ1v) is 8.19. The molecule has 1 aromatic heterocycles. The largest absolute Gasteiger partial charge is 0.253 e. The van der Waals surface area contributed by atoms with Crippen LogP contribution in [0.5, 0.6) is 0 Å². The number of thiophene rings is 1. The molecule has 0 aliphatic heterocycles. The van der Waals surface area contributed by atoms with Gasteiger partial charge in [0.15, 0.2) is 0 Å². The quantitative estimate of drug-likeness (QED) is 0.476. The van der Waals surface area contributed by atoms with Gasteiger partial charge < -0.3 is 0 Å². The van der Waals surface area contributed by atoms with Gasteiger partial charge in [0.1, 0.15) is 0 Å². The standard InChI is InChI=1S/C19H21NS/c1-4-15-10-7-8-12-18(15)19(6-3)20-16(5-2)14-17-11-9-13-21-17/h5,7-14H,2,4,6H2,1,3H3/b16-14+,20-19+. The molecule has 1 heterocycles. The third kappa shape index (κ3) is 4.02. The number of hydrogen-bond donors (Lipinski definition) is 0. The van der Waals surface area contributed by atoms with Crippen molar-refractivity contribution in [3.63, 3.8) is 0 Å². The Morgan fingerprint density at radius 1 is 1.19 bits per heavy atom. The Balaban J connectivity index is 2.41. The molecule has 0 atom stereocenters. The minimum absolute atomic E-state index is 0.909. The van der Waals surface area contributed by atoms with Crippen LogP contribution in [0.1, 0.15) is 36.3 Å². The molecule has 0 aliphatic carbocycles. The fourth-order valence-electron chi connectivity index (χ4n) is 2.25. The summed E-state index contributed by atoms with van der Waals surface area (Å²) in [5.74, 6) is 0. The summed E-state index contributed by atoms with van der Waals surface area (Å²) in [4.78, 5) is 6.03. The van der Waals surface area contributed by atoms with Gasteiger partial charge in [-0.25, -0.2) is 0 Å². The van der Waals surface area contributed by atoms with Gasteiger partial charge in [0.05, 0.1) is 5.70 Å². The van der Waals surface area contributed by atoms with E-state index in [0.717, 1.165) is 24.3 Å². The molecule has 0 spiro atoms. The molecule has 0 amide bonds. The normalized spacial score (nSPS) is 12.5. The van der Waals surface area contributed by atoms with E-state index in [4.69, 9.17) is 4.99 Å². The molecule has 0 fully saturated rings. The number of aliphatic imine (C=N–C) groups is 1. The van der Waals surface area contributed by atoms with Crippen molar-refractivity contribution < 1.29 is 0 Å². The first-order valence-electron chi connectivity index (χ1n) is 7.32. The Hall–Kier alpha value is -1.93. The van der Waals surface area contributed by atoms with Gasteiger partial charge in [-0.1, -0.05) is 50.8 Å². The van der Waals surface area contributed by atoms with Crippen molar-refractivity contribution in [1.82, 2.24) is 0 Å². The Morgan fingerprint density at radius 3 is 2.62 bits per heavy atom. The maximum Gasteiger partial charge on any atom is 0.0641 e. The van der Waals surface area contributed by atoms with Crippen LogP contribution in [0.15, 0.2) is 65.1 Å². The molecule has 0 bridgehead atoms. The van der Waals surface area contributed by atoms with E-state index < -0.39 is 0 Å². The second kappa shape index (κ2) is 7.75. The van der Waals surface area contributed by atoms with Gasteiger partial charge >= 0.3 is 0 Å². The van der Waals surface area contributed by atoms with E-state index in [1.165, 1.54) is 16.0 Å². The summed E-state index contributed by atoms with van der Waals surface area (Å²) in [5, 5.41) is 2.07. The van der Waals surface area contributed by atoms with E-state index in [2.05, 4.69) is 62.2 Å². The number of nitrogens with zero attached hydrogens (tertiary/aromatic N) is 1. The van der Waals surface area contributed by atoms with Gasteiger partial charge in [-0.3, -0.25) is 4.99 Å². The maximum atomic E-state index is 4.83. The van der Waals surface area contributed by atoms with E-state index in [9.17, 15) is 0 Å². The summed E-state index contributed by atoms with van der Waals surface area (Å²) in [6.45, 7) is 8.23. The maximum absolute atomic E-state index is 4.83. The molecule has 21 heavy (non-hydrogen) atoms. The van der Waals surface area contributed by atoms with Gasteiger partial charge in [0, 0.05) is 10.6 Å². The molecular weight excluding hydrogens is 274 g/mol. The van der Waals surface area contributed by atoms with Crippen LogP contribution in [0, 0.1) is 0 Å². The van der Waals surface area contributed by atoms with Crippen molar-refractivity contribution in [2.24, 2.45) is 4.99 Å². The zero-order valence-electron chi connectivity index (χ0n) is 12.7. The monoisotopic (exact) mass is 295 g/mol. The number of aryl methyl sites for hydroxylation is 1. The van der Waals surface area contributed by atoms with Crippen LogP contribution in [0.3, 0.4) is 0 Å². The third-order valence-corrected chi connectivity index (χ3v) is 4.17. The lowest BCUT2D eigenvalue weighted by molar-refractivity contribution is 1.12. The second-order valence-corrected chi connectivity index (χ2v) is 5.69. The lowest BCUT2D eigenvalue weighted by Gasteiger charge is -2.10. The molecule has 2 heteroatoms. The minimum Gasteiger partial charge on any atom is -0.253 e. The number of allylic oxidation sites excluding steroid dienone is 1. The third-order valence-electron chi connectivity index (χ3n) is 3.35. The van der Waals surface area contributed by atoms with Gasteiger partial charge in [-0.2, -0.15) is 0 Å². The lowest BCUT2D eigenvalue weighted by atomic mass is 9.99. The van der Waals surface area contributed by atoms with Gasteiger partial charge in [-0.15, -0.1) is 11.3 Å². The van der Waals surface area contributed by atoms with Crippen molar-refractivity contribution in [3.05, 3.63) is 76.1 Å². The van der Waals surface area contributed by atoms with E-state index >= 15 is 0 Å². The molecule has 2 aromatic rings. The predicted molar refractivity (Wildman–Crippen MR) is 95.1 cm³/mol. The fourth-order valence-corrected chi connectivity index (χ4v) is 2.91. The Morgan fingerprint density at radius 2 is 2.00 bits per heavy atom. The van der Waals surface area contributed by atoms with Crippen molar-refractivity contribution in [1.29, 1.82) is 0 Å². The Bertz CT molecular complexity index is 648. The molecule has 2 rings (SSSR count). The first kappa shape index (κ1) is 15.5. The zero-order valence-corrected chi connectivity index (χ0v) is 13.5. The van der Waals surface area contributed by atoms with E-state index in [1.807, 2.05) is 12.1 Å². The topological polar surface area (TPSA) is 12.4 Å². The van der Waals surface area contributed by atoms with Crippen LogP contribution in [0.4, 0.5) is 0 Å². The molecule has 1 nitrogen and oxygen atoms in total. The molecule has 0 aliphatic rings. The number of hydrogen-bond acceptors (Lipinski definition) is 2. The van der Waals surface area contributed by atoms with Crippen LogP contribution >= 0.6 is 11.3 Å². The molecule has 1 aromatic carbocycles. The van der Waals surface area contributed by atoms with E-state index in [1.54, 1.807) is 11.3 Å². The van der Waals surface area contributed by atoms with Crippen LogP contribution in [0.2, 0.25) is 0 Å². The van der Waals surface area contributed by atoms with E-state index in [-0.39, 0.29) is 0 Å². The Labute approximate surface area is 131 Å². The summed E-state index contributed by atoms with van der Waals surface area (Å²) in [6.07, 6.45) is 5.84. The van der Waals surface area contributed by atoms with Crippen molar-refractivity contribution in [2.75, 3.05) is 0 Å². The fraction of sp³-hybridized carbons (Fsp3) is 0.211. The number of benzene rings is 1. The average molecular weight is 295 g/mol. The highest BCUT2D eigenvalue weighted by atomic mass is 32.1. The van der Waals surface area contributed by atoms with Gasteiger partial charge in [0.2, 0.25) is 0 Å². The smallest absolute Gasteiger partial charge is 0.0641 e. The number of rotatable bonds is 6. The summed E-state index contributed by atoms with van der Waals surface area (Å²) in [7, 11) is 0. The molecule has 0 saturated heterocycles. The van der Waals surface area contributed by atoms with Crippen LogP contribution in [0.25, 0.3) is 6.08 Å². The SMILES string of the molecule is C=CC(=C\c1cccs1)/N=C(\CC)c1ccccc1CC. The van der Waals surface area contributed by atoms with Crippen LogP contribution in [-0.2, 0) is 6.42 Å². The molecule has 0 unspecified atom stereocenters.